The molecule has 11 aliphatic rings. The molecule has 1 spiro atoms. The summed E-state index contributed by atoms with van der Waals surface area (Å²) in [6, 6.07) is 0. The van der Waals surface area contributed by atoms with Crippen molar-refractivity contribution in [3.8, 4) is 0 Å². The van der Waals surface area contributed by atoms with Gasteiger partial charge in [0.05, 0.1) is 55.8 Å². The maximum Gasteiger partial charge on any atom is 0.335 e. The van der Waals surface area contributed by atoms with Gasteiger partial charge in [0, 0.05) is 29.7 Å². The molecule has 99 heavy (non-hydrogen) atoms. The van der Waals surface area contributed by atoms with Gasteiger partial charge in [-0.3, -0.25) is 4.79 Å². The summed E-state index contributed by atoms with van der Waals surface area (Å²) in [6.45, 7) is 15.4. The molecule has 0 amide bonds. The Morgan fingerprint density at radius 2 is 1.17 bits per heavy atom. The van der Waals surface area contributed by atoms with Gasteiger partial charge in [-0.05, 0) is 92.8 Å². The quantitative estimate of drug-likeness (QED) is 0.0347. The van der Waals surface area contributed by atoms with Crippen LogP contribution in [0.15, 0.2) is 12.2 Å². The lowest BCUT2D eigenvalue weighted by molar-refractivity contribution is -0.409. The summed E-state index contributed by atoms with van der Waals surface area (Å²) in [7, 11) is 0. The minimum Gasteiger partial charge on any atom is -0.479 e. The van der Waals surface area contributed by atoms with Crippen LogP contribution < -0.4 is 0 Å². The van der Waals surface area contributed by atoms with Gasteiger partial charge in [-0.2, -0.15) is 0 Å². The number of carbonyl (C=O) groups excluding carboxylic acids is 2. The Balaban J connectivity index is 0.906. The molecule has 6 heterocycles. The van der Waals surface area contributed by atoms with Crippen LogP contribution in [0.25, 0.3) is 0 Å². The van der Waals surface area contributed by atoms with Gasteiger partial charge >= 0.3 is 17.9 Å². The first-order valence-electron chi connectivity index (χ1n) is 34.8. The van der Waals surface area contributed by atoms with Gasteiger partial charge in [-0.15, -0.1) is 0 Å². The lowest BCUT2D eigenvalue weighted by Crippen LogP contribution is -2.77. The third kappa shape index (κ3) is 12.4. The van der Waals surface area contributed by atoms with E-state index >= 15 is 0 Å². The molecular weight excluding hydrogens is 1320 g/mol. The van der Waals surface area contributed by atoms with E-state index in [1.54, 1.807) is 6.08 Å². The van der Waals surface area contributed by atoms with Gasteiger partial charge in [-0.25, -0.2) is 9.59 Å². The molecule has 0 radical (unpaired) electrons. The van der Waals surface area contributed by atoms with Crippen molar-refractivity contribution >= 4 is 17.9 Å². The molecule has 32 heteroatoms. The predicted molar refractivity (Wildman–Crippen MR) is 329 cm³/mol. The third-order valence-corrected chi connectivity index (χ3v) is 25.9. The number of aliphatic hydroxyl groups is 15. The van der Waals surface area contributed by atoms with Gasteiger partial charge in [0.2, 0.25) is 0 Å². The van der Waals surface area contributed by atoms with Crippen molar-refractivity contribution in [1.29, 1.82) is 0 Å². The number of allylic oxidation sites excluding steroid dienone is 1. The maximum absolute atomic E-state index is 13.5. The smallest absolute Gasteiger partial charge is 0.335 e. The van der Waals surface area contributed by atoms with E-state index in [1.165, 1.54) is 19.9 Å². The first kappa shape index (κ1) is 77.2. The summed E-state index contributed by atoms with van der Waals surface area (Å²) in [5, 5.41) is 181. The summed E-state index contributed by atoms with van der Waals surface area (Å²) >= 11 is 0. The molecule has 3 unspecified atom stereocenters. The topological polar surface area (TPSA) is 495 Å². The maximum atomic E-state index is 13.5. The molecule has 0 aromatic carbocycles. The molecule has 6 aliphatic heterocycles. The summed E-state index contributed by atoms with van der Waals surface area (Å²) in [5.41, 5.74) is -8.66. The van der Waals surface area contributed by atoms with Gasteiger partial charge in [0.15, 0.2) is 49.9 Å². The van der Waals surface area contributed by atoms with E-state index in [1.807, 2.05) is 34.6 Å². The number of esters is 2. The van der Waals surface area contributed by atoms with E-state index in [0.29, 0.717) is 44.9 Å². The van der Waals surface area contributed by atoms with Crippen LogP contribution in [0.4, 0.5) is 0 Å². The van der Waals surface area contributed by atoms with E-state index in [4.69, 9.17) is 61.6 Å². The number of unbranched alkanes of at least 4 members (excludes halogenated alkanes) is 1. The van der Waals surface area contributed by atoms with Crippen molar-refractivity contribution in [2.24, 2.45) is 50.2 Å². The van der Waals surface area contributed by atoms with Crippen molar-refractivity contribution in [3.05, 3.63) is 12.2 Å². The minimum atomic E-state index is -2.37. The number of aliphatic hydroxyl groups excluding tert-OH is 14. The largest absolute Gasteiger partial charge is 0.479 e. The average molecular weight is 1420 g/mol. The molecule has 5 saturated carbocycles. The number of ether oxygens (including phenoxy) is 13. The number of carboxylic acids is 1. The zero-order valence-corrected chi connectivity index (χ0v) is 57.6. The number of hydrogen-bond donors (Lipinski definition) is 16. The number of carboxylic acid groups (broad SMARTS) is 1. The van der Waals surface area contributed by atoms with Crippen LogP contribution in [0.5, 0.6) is 0 Å². The van der Waals surface area contributed by atoms with Crippen molar-refractivity contribution in [2.45, 2.75) is 311 Å². The van der Waals surface area contributed by atoms with Gasteiger partial charge < -0.3 is 143 Å². The lowest BCUT2D eigenvalue weighted by atomic mass is 9.30. The van der Waals surface area contributed by atoms with Gasteiger partial charge in [0.1, 0.15) is 103 Å². The van der Waals surface area contributed by atoms with Crippen LogP contribution in [-0.2, 0) is 76.0 Å². The highest BCUT2D eigenvalue weighted by Crippen LogP contribution is 2.82. The molecule has 32 nitrogen and oxygen atoms in total. The molecule has 5 aliphatic carbocycles. The molecule has 0 aromatic heterocycles. The highest BCUT2D eigenvalue weighted by molar-refractivity contribution is 5.82. The lowest BCUT2D eigenvalue weighted by Gasteiger charge is -2.75. The van der Waals surface area contributed by atoms with E-state index in [0.717, 1.165) is 6.42 Å². The Bertz CT molecular complexity index is 2900. The average Bonchev–Trinajstić information content (AvgIpc) is 1.55. The summed E-state index contributed by atoms with van der Waals surface area (Å²) < 4.78 is 81.0. The van der Waals surface area contributed by atoms with Crippen LogP contribution in [0.1, 0.15) is 133 Å². The highest BCUT2D eigenvalue weighted by Gasteiger charge is 2.86. The fraction of sp³-hybridized carbons (Fsp3) is 0.925. The SMILES string of the molecule is CCC/C=C/C(=O)O[C@H]1[C@H](OC(C)=O)[C@@]23C(CC1(C)C)[C@]1(CCC4[C@@]5(C)CC[C@H](O[C@@H]6O[C@H](C(=O)O)[C@@H](O)[C@H](O[C@@H]7O[C@H](CO)[C@H](O)[C@H](O)[C@H]7O[C@@H]7O[C@@H](C)[C@H](O)[C@@H](O)[C@H]7O[C@@H]7OC[C@](O)(CO)[C@H]7O)[C@H]6O[C@@H]6O[C@H](CO)[C@H](O)[C@H](O)[C@H]6O)C(C)(C)C5CC[C@@]4(C)[C@]1(C)C[C@H]2O)O[C@H]3O. The number of fused-ring (bicyclic) bond motifs is 4. The van der Waals surface area contributed by atoms with Crippen LogP contribution in [-0.4, -0.2) is 303 Å². The molecular formula is C67H106O32. The second-order valence-corrected chi connectivity index (χ2v) is 32.0. The van der Waals surface area contributed by atoms with Crippen molar-refractivity contribution in [3.63, 3.8) is 0 Å². The molecule has 6 saturated heterocycles. The first-order chi connectivity index (χ1) is 46.3. The van der Waals surface area contributed by atoms with E-state index in [-0.39, 0.29) is 24.7 Å². The van der Waals surface area contributed by atoms with E-state index in [2.05, 4.69) is 20.8 Å². The Hall–Kier alpha value is -2.89. The Kier molecular flexibility index (Phi) is 21.9. The number of hydrogen-bond acceptors (Lipinski definition) is 31. The summed E-state index contributed by atoms with van der Waals surface area (Å²) in [4.78, 5) is 40.2. The minimum absolute atomic E-state index is 0.0868. The zero-order valence-electron chi connectivity index (χ0n) is 57.6. The van der Waals surface area contributed by atoms with Crippen LogP contribution in [0.3, 0.4) is 0 Å². The number of carbonyl (C=O) groups is 3. The van der Waals surface area contributed by atoms with Crippen LogP contribution >= 0.6 is 0 Å². The molecule has 2 bridgehead atoms. The molecule has 0 aromatic rings. The second kappa shape index (κ2) is 28.1. The normalized spacial score (nSPS) is 53.0. The van der Waals surface area contributed by atoms with Gasteiger partial charge in [0.25, 0.3) is 0 Å². The van der Waals surface area contributed by atoms with Crippen LogP contribution in [0.2, 0.25) is 0 Å². The van der Waals surface area contributed by atoms with Gasteiger partial charge in [-0.1, -0.05) is 67.9 Å². The number of aliphatic carboxylic acids is 1. The Morgan fingerprint density at radius 3 is 1.79 bits per heavy atom. The molecule has 36 atom stereocenters. The van der Waals surface area contributed by atoms with Crippen LogP contribution in [0, 0.1) is 50.2 Å². The van der Waals surface area contributed by atoms with Crippen molar-refractivity contribution < 1.29 is 158 Å². The second-order valence-electron chi connectivity index (χ2n) is 32.0. The zero-order chi connectivity index (χ0) is 72.6. The van der Waals surface area contributed by atoms with Crippen molar-refractivity contribution in [2.75, 3.05) is 26.4 Å². The Labute approximate surface area is 573 Å². The molecule has 11 rings (SSSR count). The molecule has 16 N–H and O–H groups in total. The van der Waals surface area contributed by atoms with E-state index < -0.39 is 260 Å². The first-order valence-corrected chi connectivity index (χ1v) is 34.8. The monoisotopic (exact) mass is 1420 g/mol. The third-order valence-electron chi connectivity index (χ3n) is 25.9. The van der Waals surface area contributed by atoms with E-state index in [9.17, 15) is 96.1 Å². The predicted octanol–water partition coefficient (Wildman–Crippen LogP) is -3.03. The fourth-order valence-electron chi connectivity index (χ4n) is 20.4. The fourth-order valence-corrected chi connectivity index (χ4v) is 20.4. The highest BCUT2D eigenvalue weighted by atomic mass is 16.8. The van der Waals surface area contributed by atoms with Crippen molar-refractivity contribution in [1.82, 2.24) is 0 Å². The molecule has 11 fully saturated rings. The summed E-state index contributed by atoms with van der Waals surface area (Å²) in [6.07, 6.45) is -42.0. The molecule has 566 valence electrons. The standard InChI is InChI=1S/C67H106O32/c1-11-12-13-14-36(73)93-51-52(89-28(3)71)67-33(21-60(51,4)5)66(99-59(67)85)20-16-32-62(8)18-17-35(61(6,7)31(62)15-19-63(32,9)64(66,10)22-34(67)72)92-57-49(98-54-43(80)40(77)38(75)29(23-68)90-54)45(44(81)46(95-57)53(83)84)94-56-48(42(79)39(76)30(24-69)91-56)96-55-47(41(78)37(74)27(2)88-55)97-58-50(82)65(86,25-70)26-87-58/h13-14,27,29-35,37-52,54-59,68-70,72,74-82,85-86H,11-12,15-26H2,1-10H3,(H,83,84)/b14-13+/t27-,29+,30+,31?,32?,33?,34+,35-,37-,38-,39-,40-,41+,42-,43+,44-,45-,46-,47+,48+,49+,50-,51-,52-,54-,55-,56-,57+,58-,59+,62-,63+,64-,65+,66-,67+/m0/s1. The number of rotatable bonds is 19. The Morgan fingerprint density at radius 1 is 0.586 bits per heavy atom. The summed E-state index contributed by atoms with van der Waals surface area (Å²) in [5.74, 6) is -3.99.